The number of nitrogens with zero attached hydrogens (tertiary/aromatic N) is 1. The number of halogens is 4. The topological polar surface area (TPSA) is 3.24 Å². The van der Waals surface area contributed by atoms with Crippen LogP contribution < -0.4 is 0 Å². The van der Waals surface area contributed by atoms with Crippen LogP contribution in [0.4, 0.5) is 13.2 Å². The summed E-state index contributed by atoms with van der Waals surface area (Å²) in [6.07, 6.45) is -0.0332. The Hall–Kier alpha value is -0.740. The number of rotatable bonds is 5. The van der Waals surface area contributed by atoms with E-state index in [1.807, 2.05) is 0 Å². The maximum absolute atomic E-state index is 12.7. The summed E-state index contributed by atoms with van der Waals surface area (Å²) in [5, 5.41) is 0. The molecule has 2 rings (SSSR count). The van der Waals surface area contributed by atoms with Crippen LogP contribution in [0.15, 0.2) is 24.3 Å². The fourth-order valence-electron chi connectivity index (χ4n) is 2.82. The number of benzene rings is 1. The Bertz CT molecular complexity index is 433. The van der Waals surface area contributed by atoms with Crippen molar-refractivity contribution in [1.82, 2.24) is 4.90 Å². The Morgan fingerprint density at radius 2 is 2.10 bits per heavy atom. The third-order valence-corrected chi connectivity index (χ3v) is 4.08. The molecule has 1 aromatic carbocycles. The predicted octanol–water partition coefficient (Wildman–Crippen LogP) is 4.69. The van der Waals surface area contributed by atoms with E-state index in [1.165, 1.54) is 12.1 Å². The van der Waals surface area contributed by atoms with Crippen LogP contribution in [0, 0.1) is 0 Å². The van der Waals surface area contributed by atoms with Gasteiger partial charge in [0.25, 0.3) is 0 Å². The van der Waals surface area contributed by atoms with Crippen LogP contribution in [-0.2, 0) is 12.7 Å². The van der Waals surface area contributed by atoms with Crippen LogP contribution in [0.5, 0.6) is 0 Å². The van der Waals surface area contributed by atoms with E-state index in [0.717, 1.165) is 43.9 Å². The molecule has 1 aliphatic heterocycles. The molecule has 0 aromatic heterocycles. The molecular weight excluding hydrogens is 287 g/mol. The van der Waals surface area contributed by atoms with E-state index in [4.69, 9.17) is 11.6 Å². The van der Waals surface area contributed by atoms with E-state index < -0.39 is 11.7 Å². The first-order chi connectivity index (χ1) is 9.50. The molecule has 20 heavy (non-hydrogen) atoms. The molecule has 0 radical (unpaired) electrons. The molecule has 0 spiro atoms. The first-order valence-electron chi connectivity index (χ1n) is 6.97. The first kappa shape index (κ1) is 15.6. The number of likely N-dealkylation sites (tertiary alicyclic amines) is 1. The lowest BCUT2D eigenvalue weighted by atomic mass is 10.1. The van der Waals surface area contributed by atoms with Crippen molar-refractivity contribution in [1.29, 1.82) is 0 Å². The highest BCUT2D eigenvalue weighted by Gasteiger charge is 2.31. The van der Waals surface area contributed by atoms with Gasteiger partial charge in [-0.3, -0.25) is 4.90 Å². The van der Waals surface area contributed by atoms with Gasteiger partial charge in [0, 0.05) is 18.5 Å². The van der Waals surface area contributed by atoms with Gasteiger partial charge in [0.05, 0.1) is 5.56 Å². The van der Waals surface area contributed by atoms with E-state index in [9.17, 15) is 13.2 Å². The summed E-state index contributed by atoms with van der Waals surface area (Å²) in [5.41, 5.74) is 0.170. The van der Waals surface area contributed by atoms with Crippen molar-refractivity contribution in [2.45, 2.75) is 44.4 Å². The summed E-state index contributed by atoms with van der Waals surface area (Å²) >= 11 is 5.72. The summed E-state index contributed by atoms with van der Waals surface area (Å²) in [6.45, 7) is 1.56. The molecule has 1 fully saturated rings. The zero-order valence-electron chi connectivity index (χ0n) is 11.3. The van der Waals surface area contributed by atoms with Gasteiger partial charge < -0.3 is 0 Å². The van der Waals surface area contributed by atoms with Crippen molar-refractivity contribution in [2.75, 3.05) is 12.4 Å². The molecule has 0 saturated carbocycles. The van der Waals surface area contributed by atoms with Crippen LogP contribution >= 0.6 is 11.6 Å². The molecule has 1 heterocycles. The van der Waals surface area contributed by atoms with Crippen LogP contribution in [-0.4, -0.2) is 23.4 Å². The van der Waals surface area contributed by atoms with Crippen LogP contribution in [0.3, 0.4) is 0 Å². The van der Waals surface area contributed by atoms with Gasteiger partial charge >= 0.3 is 6.18 Å². The highest BCUT2D eigenvalue weighted by molar-refractivity contribution is 6.17. The minimum atomic E-state index is -4.26. The minimum Gasteiger partial charge on any atom is -0.296 e. The summed E-state index contributed by atoms with van der Waals surface area (Å²) in [5.74, 6) is 0.647. The summed E-state index contributed by atoms with van der Waals surface area (Å²) in [4.78, 5) is 2.28. The standard InChI is InChI=1S/C15H19ClF3N/c16-8-2-6-14-7-3-9-20(14)11-12-4-1-5-13(10-12)15(17,18)19/h1,4-5,10,14H,2-3,6-9,11H2. The van der Waals surface area contributed by atoms with Gasteiger partial charge in [-0.1, -0.05) is 18.2 Å². The second kappa shape index (κ2) is 6.81. The molecule has 1 saturated heterocycles. The maximum atomic E-state index is 12.7. The third kappa shape index (κ3) is 4.13. The molecule has 0 amide bonds. The number of alkyl halides is 4. The van der Waals surface area contributed by atoms with Crippen molar-refractivity contribution in [2.24, 2.45) is 0 Å². The molecule has 1 aromatic rings. The highest BCUT2D eigenvalue weighted by atomic mass is 35.5. The van der Waals surface area contributed by atoms with E-state index in [1.54, 1.807) is 6.07 Å². The Morgan fingerprint density at radius 3 is 2.80 bits per heavy atom. The zero-order valence-corrected chi connectivity index (χ0v) is 12.1. The van der Waals surface area contributed by atoms with Gasteiger partial charge in [0.1, 0.15) is 0 Å². The second-order valence-electron chi connectivity index (χ2n) is 5.30. The molecule has 0 aliphatic carbocycles. The average Bonchev–Trinajstić information content (AvgIpc) is 2.83. The normalized spacial score (nSPS) is 20.5. The summed E-state index contributed by atoms with van der Waals surface area (Å²) in [7, 11) is 0. The van der Waals surface area contributed by atoms with Gasteiger partial charge in [0.2, 0.25) is 0 Å². The molecule has 1 nitrogen and oxygen atoms in total. The number of hydrogen-bond acceptors (Lipinski definition) is 1. The van der Waals surface area contributed by atoms with Crippen molar-refractivity contribution < 1.29 is 13.2 Å². The predicted molar refractivity (Wildman–Crippen MR) is 74.8 cm³/mol. The summed E-state index contributed by atoms with van der Waals surface area (Å²) < 4.78 is 38.1. The number of hydrogen-bond donors (Lipinski definition) is 0. The van der Waals surface area contributed by atoms with Gasteiger partial charge in [-0.25, -0.2) is 0 Å². The van der Waals surface area contributed by atoms with Crippen LogP contribution in [0.2, 0.25) is 0 Å². The van der Waals surface area contributed by atoms with E-state index in [2.05, 4.69) is 4.90 Å². The molecule has 112 valence electrons. The van der Waals surface area contributed by atoms with E-state index in [0.29, 0.717) is 18.5 Å². The smallest absolute Gasteiger partial charge is 0.296 e. The third-order valence-electron chi connectivity index (χ3n) is 3.81. The molecule has 1 aliphatic rings. The van der Waals surface area contributed by atoms with Crippen molar-refractivity contribution >= 4 is 11.6 Å². The van der Waals surface area contributed by atoms with Gasteiger partial charge in [-0.2, -0.15) is 13.2 Å². The van der Waals surface area contributed by atoms with Crippen LogP contribution in [0.25, 0.3) is 0 Å². The zero-order chi connectivity index (χ0) is 14.6. The quantitative estimate of drug-likeness (QED) is 0.713. The van der Waals surface area contributed by atoms with Crippen molar-refractivity contribution in [3.05, 3.63) is 35.4 Å². The average molecular weight is 306 g/mol. The molecule has 0 N–H and O–H groups in total. The van der Waals surface area contributed by atoms with E-state index >= 15 is 0 Å². The second-order valence-corrected chi connectivity index (χ2v) is 5.67. The van der Waals surface area contributed by atoms with Crippen molar-refractivity contribution in [3.8, 4) is 0 Å². The SMILES string of the molecule is FC(F)(F)c1cccc(CN2CCCC2CCCCl)c1. The van der Waals surface area contributed by atoms with Gasteiger partial charge in [-0.15, -0.1) is 11.6 Å². The first-order valence-corrected chi connectivity index (χ1v) is 7.50. The van der Waals surface area contributed by atoms with Gasteiger partial charge in [0.15, 0.2) is 0 Å². The molecule has 5 heteroatoms. The minimum absolute atomic E-state index is 0.461. The van der Waals surface area contributed by atoms with Gasteiger partial charge in [-0.05, 0) is 43.9 Å². The molecular formula is C15H19ClF3N. The maximum Gasteiger partial charge on any atom is 0.416 e. The monoisotopic (exact) mass is 305 g/mol. The lowest BCUT2D eigenvalue weighted by Crippen LogP contribution is -2.29. The Labute approximate surface area is 122 Å². The molecule has 1 unspecified atom stereocenters. The largest absolute Gasteiger partial charge is 0.416 e. The highest BCUT2D eigenvalue weighted by Crippen LogP contribution is 2.30. The fraction of sp³-hybridized carbons (Fsp3) is 0.600. The Kier molecular flexibility index (Phi) is 5.33. The lowest BCUT2D eigenvalue weighted by molar-refractivity contribution is -0.137. The van der Waals surface area contributed by atoms with E-state index in [-0.39, 0.29) is 0 Å². The molecule has 0 bridgehead atoms. The lowest BCUT2D eigenvalue weighted by Gasteiger charge is -2.24. The Morgan fingerprint density at radius 1 is 1.30 bits per heavy atom. The van der Waals surface area contributed by atoms with Crippen LogP contribution in [0.1, 0.15) is 36.8 Å². The summed E-state index contributed by atoms with van der Waals surface area (Å²) in [6, 6.07) is 6.10. The molecule has 1 atom stereocenters. The fourth-order valence-corrected chi connectivity index (χ4v) is 2.98. The Balaban J connectivity index is 2.02. The van der Waals surface area contributed by atoms with Crippen molar-refractivity contribution in [3.63, 3.8) is 0 Å².